The molecular weight excluding hydrogens is 178 g/mol. The molecular formula is C11H23NO2. The average Bonchev–Trinajstić information content (AvgIpc) is 2.18. The van der Waals surface area contributed by atoms with Crippen molar-refractivity contribution in [2.24, 2.45) is 0 Å². The van der Waals surface area contributed by atoms with Gasteiger partial charge in [-0.05, 0) is 33.2 Å². The van der Waals surface area contributed by atoms with Crippen molar-refractivity contribution in [3.8, 4) is 0 Å². The van der Waals surface area contributed by atoms with Crippen LogP contribution in [0.4, 0.5) is 0 Å². The van der Waals surface area contributed by atoms with E-state index < -0.39 is 0 Å². The summed E-state index contributed by atoms with van der Waals surface area (Å²) in [5.74, 6) is 0. The van der Waals surface area contributed by atoms with E-state index in [0.717, 1.165) is 25.9 Å². The molecule has 84 valence electrons. The maximum atomic E-state index is 5.42. The third-order valence-corrected chi connectivity index (χ3v) is 1.79. The first-order valence-electron chi connectivity index (χ1n) is 5.39. The van der Waals surface area contributed by atoms with Gasteiger partial charge >= 0.3 is 0 Å². The molecule has 0 aromatic heterocycles. The zero-order chi connectivity index (χ0) is 10.6. The second-order valence-corrected chi connectivity index (χ2v) is 2.98. The Labute approximate surface area is 87.5 Å². The van der Waals surface area contributed by atoms with E-state index in [1.54, 1.807) is 0 Å². The highest BCUT2D eigenvalue weighted by Crippen LogP contribution is 2.03. The van der Waals surface area contributed by atoms with E-state index in [-0.39, 0.29) is 6.29 Å². The molecule has 0 saturated heterocycles. The maximum Gasteiger partial charge on any atom is 0.157 e. The highest BCUT2D eigenvalue weighted by Gasteiger charge is 2.06. The van der Waals surface area contributed by atoms with E-state index in [9.17, 15) is 0 Å². The Morgan fingerprint density at radius 3 is 2.43 bits per heavy atom. The smallest absolute Gasteiger partial charge is 0.157 e. The summed E-state index contributed by atoms with van der Waals surface area (Å²) in [4.78, 5) is 0. The molecule has 1 N–H and O–H groups in total. The number of ether oxygens (including phenoxy) is 2. The van der Waals surface area contributed by atoms with Crippen LogP contribution < -0.4 is 5.32 Å². The van der Waals surface area contributed by atoms with Crippen molar-refractivity contribution in [2.45, 2.75) is 33.0 Å². The van der Waals surface area contributed by atoms with Crippen LogP contribution in [0.25, 0.3) is 0 Å². The highest BCUT2D eigenvalue weighted by molar-refractivity contribution is 4.69. The van der Waals surface area contributed by atoms with E-state index in [4.69, 9.17) is 9.47 Å². The predicted octanol–water partition coefficient (Wildman–Crippen LogP) is 1.94. The zero-order valence-electron chi connectivity index (χ0n) is 9.42. The predicted molar refractivity (Wildman–Crippen MR) is 59.3 cm³/mol. The molecule has 0 aliphatic carbocycles. The summed E-state index contributed by atoms with van der Waals surface area (Å²) in [5.41, 5.74) is 0. The molecule has 3 heteroatoms. The van der Waals surface area contributed by atoms with E-state index in [2.05, 4.69) is 11.9 Å². The molecule has 0 fully saturated rings. The van der Waals surface area contributed by atoms with E-state index in [1.165, 1.54) is 0 Å². The normalized spacial score (nSPS) is 10.8. The lowest BCUT2D eigenvalue weighted by Crippen LogP contribution is -2.21. The Kier molecular flexibility index (Phi) is 10.4. The minimum atomic E-state index is -0.0319. The Morgan fingerprint density at radius 1 is 1.29 bits per heavy atom. The Morgan fingerprint density at radius 2 is 1.93 bits per heavy atom. The topological polar surface area (TPSA) is 30.5 Å². The fourth-order valence-corrected chi connectivity index (χ4v) is 1.18. The van der Waals surface area contributed by atoms with Crippen molar-refractivity contribution in [1.29, 1.82) is 0 Å². The monoisotopic (exact) mass is 201 g/mol. The van der Waals surface area contributed by atoms with Crippen molar-refractivity contribution in [3.63, 3.8) is 0 Å². The average molecular weight is 201 g/mol. The third kappa shape index (κ3) is 8.23. The quantitative estimate of drug-likeness (QED) is 0.333. The second kappa shape index (κ2) is 10.7. The summed E-state index contributed by atoms with van der Waals surface area (Å²) >= 11 is 0. The molecule has 0 aromatic rings. The Balaban J connectivity index is 3.34. The molecule has 0 bridgehead atoms. The van der Waals surface area contributed by atoms with Crippen LogP contribution in [0.15, 0.2) is 12.7 Å². The van der Waals surface area contributed by atoms with Crippen LogP contribution in [-0.4, -0.2) is 32.6 Å². The molecule has 0 unspecified atom stereocenters. The molecule has 0 spiro atoms. The van der Waals surface area contributed by atoms with Crippen molar-refractivity contribution in [1.82, 2.24) is 5.32 Å². The van der Waals surface area contributed by atoms with Crippen LogP contribution in [0.1, 0.15) is 26.7 Å². The fraction of sp³-hybridized carbons (Fsp3) is 0.818. The fourth-order valence-electron chi connectivity index (χ4n) is 1.18. The summed E-state index contributed by atoms with van der Waals surface area (Å²) in [6, 6.07) is 0. The molecule has 14 heavy (non-hydrogen) atoms. The van der Waals surface area contributed by atoms with Crippen LogP contribution in [0, 0.1) is 0 Å². The molecule has 3 nitrogen and oxygen atoms in total. The minimum absolute atomic E-state index is 0.0319. The van der Waals surface area contributed by atoms with Gasteiger partial charge in [-0.2, -0.15) is 0 Å². The maximum absolute atomic E-state index is 5.42. The first-order valence-corrected chi connectivity index (χ1v) is 5.39. The van der Waals surface area contributed by atoms with Crippen LogP contribution in [0.5, 0.6) is 0 Å². The van der Waals surface area contributed by atoms with E-state index in [1.807, 2.05) is 19.9 Å². The number of nitrogens with one attached hydrogen (secondary N) is 1. The molecule has 0 amide bonds. The van der Waals surface area contributed by atoms with Crippen molar-refractivity contribution < 1.29 is 9.47 Å². The number of rotatable bonds is 10. The lowest BCUT2D eigenvalue weighted by molar-refractivity contribution is -0.139. The standard InChI is InChI=1S/C11H23NO2/c1-4-9-12-10-7-8-11(13-5-2)14-6-3/h4,11-12H,1,5-10H2,2-3H3. The lowest BCUT2D eigenvalue weighted by Gasteiger charge is -2.16. The Bertz CT molecular complexity index is 122. The molecule has 0 heterocycles. The SMILES string of the molecule is C=CCNCCCC(OCC)OCC. The summed E-state index contributed by atoms with van der Waals surface area (Å²) in [6.07, 6.45) is 3.85. The van der Waals surface area contributed by atoms with Gasteiger partial charge in [-0.1, -0.05) is 6.08 Å². The molecule has 0 rings (SSSR count). The molecule has 0 aromatic carbocycles. The van der Waals surface area contributed by atoms with E-state index >= 15 is 0 Å². The summed E-state index contributed by atoms with van der Waals surface area (Å²) < 4.78 is 10.8. The summed E-state index contributed by atoms with van der Waals surface area (Å²) in [7, 11) is 0. The van der Waals surface area contributed by atoms with Crippen LogP contribution >= 0.6 is 0 Å². The largest absolute Gasteiger partial charge is 0.353 e. The number of hydrogen-bond acceptors (Lipinski definition) is 3. The van der Waals surface area contributed by atoms with Gasteiger partial charge in [0.2, 0.25) is 0 Å². The van der Waals surface area contributed by atoms with Gasteiger partial charge in [0, 0.05) is 19.8 Å². The first kappa shape index (κ1) is 13.6. The highest BCUT2D eigenvalue weighted by atomic mass is 16.7. The minimum Gasteiger partial charge on any atom is -0.353 e. The van der Waals surface area contributed by atoms with Gasteiger partial charge in [0.05, 0.1) is 0 Å². The molecule has 0 radical (unpaired) electrons. The third-order valence-electron chi connectivity index (χ3n) is 1.79. The second-order valence-electron chi connectivity index (χ2n) is 2.98. The lowest BCUT2D eigenvalue weighted by atomic mass is 10.3. The molecule has 0 atom stereocenters. The van der Waals surface area contributed by atoms with Gasteiger partial charge in [-0.3, -0.25) is 0 Å². The zero-order valence-corrected chi connectivity index (χ0v) is 9.42. The van der Waals surface area contributed by atoms with Crippen molar-refractivity contribution >= 4 is 0 Å². The van der Waals surface area contributed by atoms with Crippen LogP contribution in [-0.2, 0) is 9.47 Å². The first-order chi connectivity index (χ1) is 6.85. The molecule has 0 aliphatic heterocycles. The van der Waals surface area contributed by atoms with Gasteiger partial charge in [0.1, 0.15) is 0 Å². The van der Waals surface area contributed by atoms with Gasteiger partial charge in [-0.15, -0.1) is 6.58 Å². The summed E-state index contributed by atoms with van der Waals surface area (Å²) in [6.45, 7) is 10.9. The van der Waals surface area contributed by atoms with Crippen LogP contribution in [0.3, 0.4) is 0 Å². The summed E-state index contributed by atoms with van der Waals surface area (Å²) in [5, 5.41) is 3.25. The van der Waals surface area contributed by atoms with Gasteiger partial charge < -0.3 is 14.8 Å². The van der Waals surface area contributed by atoms with Crippen molar-refractivity contribution in [3.05, 3.63) is 12.7 Å². The van der Waals surface area contributed by atoms with Crippen molar-refractivity contribution in [2.75, 3.05) is 26.3 Å². The molecule has 0 aliphatic rings. The van der Waals surface area contributed by atoms with Crippen LogP contribution in [0.2, 0.25) is 0 Å². The van der Waals surface area contributed by atoms with Gasteiger partial charge in [-0.25, -0.2) is 0 Å². The van der Waals surface area contributed by atoms with Gasteiger partial charge in [0.15, 0.2) is 6.29 Å². The van der Waals surface area contributed by atoms with Gasteiger partial charge in [0.25, 0.3) is 0 Å². The molecule has 0 saturated carbocycles. The Hall–Kier alpha value is -0.380. The number of hydrogen-bond donors (Lipinski definition) is 1. The van der Waals surface area contributed by atoms with E-state index in [0.29, 0.717) is 13.2 Å².